The molecule has 35 heavy (non-hydrogen) atoms. The van der Waals surface area contributed by atoms with Crippen LogP contribution in [0.3, 0.4) is 0 Å². The fraction of sp³-hybridized carbons (Fsp3) is 0.192. The van der Waals surface area contributed by atoms with Crippen LogP contribution in [0, 0.1) is 6.92 Å². The van der Waals surface area contributed by atoms with Gasteiger partial charge < -0.3 is 10.1 Å². The van der Waals surface area contributed by atoms with E-state index in [4.69, 9.17) is 4.74 Å². The van der Waals surface area contributed by atoms with Gasteiger partial charge in [-0.2, -0.15) is 0 Å². The van der Waals surface area contributed by atoms with Crippen molar-refractivity contribution in [3.05, 3.63) is 104 Å². The average Bonchev–Trinajstić information content (AvgIpc) is 2.86. The van der Waals surface area contributed by atoms with Crippen molar-refractivity contribution >= 4 is 22.9 Å². The second-order valence-corrected chi connectivity index (χ2v) is 8.05. The fourth-order valence-electron chi connectivity index (χ4n) is 3.94. The topological polar surface area (TPSA) is 112 Å². The Morgan fingerprint density at radius 2 is 1.66 bits per heavy atom. The number of esters is 1. The predicted molar refractivity (Wildman–Crippen MR) is 131 cm³/mol. The molecule has 0 spiro atoms. The van der Waals surface area contributed by atoms with Crippen LogP contribution in [0.15, 0.2) is 76.3 Å². The van der Waals surface area contributed by atoms with Gasteiger partial charge in [-0.05, 0) is 37.6 Å². The molecule has 178 valence electrons. The van der Waals surface area contributed by atoms with Crippen molar-refractivity contribution in [2.24, 2.45) is 0 Å². The zero-order valence-corrected chi connectivity index (χ0v) is 19.5. The van der Waals surface area contributed by atoms with Crippen molar-refractivity contribution in [2.45, 2.75) is 26.4 Å². The number of aryl methyl sites for hydroxylation is 1. The summed E-state index contributed by atoms with van der Waals surface area (Å²) in [5.74, 6) is -1.27. The highest BCUT2D eigenvalue weighted by molar-refractivity contribution is 6.02. The Balaban J connectivity index is 1.90. The maximum absolute atomic E-state index is 13.5. The summed E-state index contributed by atoms with van der Waals surface area (Å²) in [5.41, 5.74) is 0.174. The number of fused-ring (bicyclic) bond motifs is 1. The number of nitrogens with zero attached hydrogens (tertiary/aromatic N) is 3. The second-order valence-electron chi connectivity index (χ2n) is 8.05. The van der Waals surface area contributed by atoms with Crippen molar-refractivity contribution in [3.63, 3.8) is 0 Å². The summed E-state index contributed by atoms with van der Waals surface area (Å²) in [6, 6.07) is 19.0. The molecular weight excluding hydrogens is 448 g/mol. The lowest BCUT2D eigenvalue weighted by atomic mass is 10.1. The predicted octanol–water partition coefficient (Wildman–Crippen LogP) is 2.52. The first-order valence-electron chi connectivity index (χ1n) is 11.0. The molecule has 9 heteroatoms. The molecule has 4 aromatic rings. The number of methoxy groups -OCH3 is 1. The van der Waals surface area contributed by atoms with E-state index < -0.39 is 29.7 Å². The van der Waals surface area contributed by atoms with Crippen LogP contribution in [0.25, 0.3) is 16.7 Å². The van der Waals surface area contributed by atoms with Crippen LogP contribution >= 0.6 is 0 Å². The van der Waals surface area contributed by atoms with Crippen molar-refractivity contribution in [3.8, 4) is 5.69 Å². The molecule has 9 nitrogen and oxygen atoms in total. The van der Waals surface area contributed by atoms with Crippen molar-refractivity contribution in [1.82, 2.24) is 19.4 Å². The van der Waals surface area contributed by atoms with Crippen molar-refractivity contribution in [2.75, 3.05) is 7.11 Å². The van der Waals surface area contributed by atoms with E-state index >= 15 is 0 Å². The van der Waals surface area contributed by atoms with Gasteiger partial charge in [0.15, 0.2) is 5.65 Å². The zero-order chi connectivity index (χ0) is 25.1. The Hall–Kier alpha value is -4.53. The molecule has 0 aliphatic rings. The molecule has 1 amide bonds. The van der Waals surface area contributed by atoms with Gasteiger partial charge in [0, 0.05) is 5.69 Å². The molecule has 1 atom stereocenters. The van der Waals surface area contributed by atoms with Gasteiger partial charge in [0.1, 0.15) is 6.54 Å². The maximum Gasteiger partial charge on any atom is 0.338 e. The van der Waals surface area contributed by atoms with Crippen LogP contribution in [0.2, 0.25) is 0 Å². The first kappa shape index (κ1) is 23.6. The van der Waals surface area contributed by atoms with E-state index in [-0.39, 0.29) is 22.6 Å². The molecular formula is C26H24N4O5. The summed E-state index contributed by atoms with van der Waals surface area (Å²) in [4.78, 5) is 56.9. The van der Waals surface area contributed by atoms with E-state index in [9.17, 15) is 19.2 Å². The molecule has 0 radical (unpaired) electrons. The number of pyridine rings is 1. The number of rotatable bonds is 6. The lowest BCUT2D eigenvalue weighted by molar-refractivity contribution is -0.122. The number of aromatic nitrogens is 3. The summed E-state index contributed by atoms with van der Waals surface area (Å²) >= 11 is 0. The highest BCUT2D eigenvalue weighted by Crippen LogP contribution is 2.18. The normalized spacial score (nSPS) is 11.7. The average molecular weight is 473 g/mol. The maximum atomic E-state index is 13.5. The van der Waals surface area contributed by atoms with E-state index in [0.717, 1.165) is 10.1 Å². The van der Waals surface area contributed by atoms with Gasteiger partial charge in [-0.25, -0.2) is 23.7 Å². The van der Waals surface area contributed by atoms with Crippen LogP contribution in [-0.4, -0.2) is 33.1 Å². The van der Waals surface area contributed by atoms with Gasteiger partial charge in [-0.3, -0.25) is 9.59 Å². The number of carbonyl (C=O) groups is 2. The van der Waals surface area contributed by atoms with Gasteiger partial charge in [0.05, 0.1) is 29.8 Å². The molecule has 2 aromatic heterocycles. The Morgan fingerprint density at radius 1 is 1.03 bits per heavy atom. The smallest absolute Gasteiger partial charge is 0.338 e. The molecule has 2 aromatic carbocycles. The molecule has 4 rings (SSSR count). The third-order valence-electron chi connectivity index (χ3n) is 5.62. The third-order valence-corrected chi connectivity index (χ3v) is 5.62. The Morgan fingerprint density at radius 3 is 2.29 bits per heavy atom. The summed E-state index contributed by atoms with van der Waals surface area (Å²) < 4.78 is 6.91. The first-order chi connectivity index (χ1) is 16.8. The number of benzene rings is 2. The van der Waals surface area contributed by atoms with Gasteiger partial charge in [0.25, 0.3) is 5.56 Å². The van der Waals surface area contributed by atoms with Gasteiger partial charge in [-0.15, -0.1) is 0 Å². The van der Waals surface area contributed by atoms with Crippen LogP contribution in [0.4, 0.5) is 0 Å². The highest BCUT2D eigenvalue weighted by atomic mass is 16.5. The number of carbonyl (C=O) groups excluding carboxylic acids is 2. The number of para-hydroxylation sites is 1. The minimum Gasteiger partial charge on any atom is -0.465 e. The molecule has 0 bridgehead atoms. The molecule has 2 heterocycles. The second kappa shape index (κ2) is 9.76. The number of nitrogens with one attached hydrogen (secondary N) is 1. The SMILES string of the molecule is COC(=O)c1cc(C)nc2c1c(=O)n(CC(=O)N[C@@H](C)c1ccccc1)c(=O)n2-c1ccccc1. The Bertz CT molecular complexity index is 1530. The fourth-order valence-corrected chi connectivity index (χ4v) is 3.94. The Kier molecular flexibility index (Phi) is 6.59. The lowest BCUT2D eigenvalue weighted by Gasteiger charge is -2.17. The monoisotopic (exact) mass is 472 g/mol. The molecule has 0 saturated heterocycles. The minimum atomic E-state index is -0.799. The Labute approximate surface area is 200 Å². The molecule has 0 fully saturated rings. The van der Waals surface area contributed by atoms with Crippen molar-refractivity contribution in [1.29, 1.82) is 0 Å². The third kappa shape index (κ3) is 4.61. The quantitative estimate of drug-likeness (QED) is 0.432. The summed E-state index contributed by atoms with van der Waals surface area (Å²) in [5, 5.41) is 2.71. The number of hydrogen-bond donors (Lipinski definition) is 1. The molecule has 0 saturated carbocycles. The zero-order valence-electron chi connectivity index (χ0n) is 19.5. The van der Waals surface area contributed by atoms with E-state index in [2.05, 4.69) is 10.3 Å². The van der Waals surface area contributed by atoms with E-state index in [1.54, 1.807) is 44.2 Å². The first-order valence-corrected chi connectivity index (χ1v) is 11.0. The highest BCUT2D eigenvalue weighted by Gasteiger charge is 2.24. The van der Waals surface area contributed by atoms with E-state index in [1.165, 1.54) is 17.7 Å². The van der Waals surface area contributed by atoms with Gasteiger partial charge in [-0.1, -0.05) is 48.5 Å². The summed E-state index contributed by atoms with van der Waals surface area (Å²) in [7, 11) is 1.20. The summed E-state index contributed by atoms with van der Waals surface area (Å²) in [6.45, 7) is 2.92. The van der Waals surface area contributed by atoms with Gasteiger partial charge >= 0.3 is 11.7 Å². The van der Waals surface area contributed by atoms with E-state index in [0.29, 0.717) is 11.4 Å². The van der Waals surface area contributed by atoms with Crippen LogP contribution < -0.4 is 16.6 Å². The van der Waals surface area contributed by atoms with E-state index in [1.807, 2.05) is 30.3 Å². The minimum absolute atomic E-state index is 0.0147. The molecule has 0 unspecified atom stereocenters. The van der Waals surface area contributed by atoms with Crippen LogP contribution in [0.1, 0.15) is 34.6 Å². The molecule has 0 aliphatic carbocycles. The standard InChI is InChI=1S/C26H24N4O5/c1-16-14-20(25(33)35-3)22-23(27-16)30(19-12-8-5-9-13-19)26(34)29(24(22)32)15-21(31)28-17(2)18-10-6-4-7-11-18/h4-14,17H,15H2,1-3H3,(H,28,31)/t17-/m0/s1. The van der Waals surface area contributed by atoms with Gasteiger partial charge in [0.2, 0.25) is 5.91 Å². The number of amides is 1. The molecule has 0 aliphatic heterocycles. The van der Waals surface area contributed by atoms with Crippen LogP contribution in [-0.2, 0) is 16.1 Å². The van der Waals surface area contributed by atoms with Crippen molar-refractivity contribution < 1.29 is 14.3 Å². The number of ether oxygens (including phenoxy) is 1. The lowest BCUT2D eigenvalue weighted by Crippen LogP contribution is -2.44. The largest absolute Gasteiger partial charge is 0.465 e. The molecule has 1 N–H and O–H groups in total. The number of hydrogen-bond acceptors (Lipinski definition) is 6. The van der Waals surface area contributed by atoms with Crippen LogP contribution in [0.5, 0.6) is 0 Å². The summed E-state index contributed by atoms with van der Waals surface area (Å²) in [6.07, 6.45) is 0.